The molecule has 1 atom stereocenters. The van der Waals surface area contributed by atoms with E-state index in [4.69, 9.17) is 19.5 Å². The summed E-state index contributed by atoms with van der Waals surface area (Å²) in [5, 5.41) is 9.05. The molecule has 0 aromatic carbocycles. The standard InChI is InChI=1S/C12H16N2O6/c1-4-18-9(15)12(10(16)19-5-2)8(7-13)14(12)11(17)20-6-3/h8H,4-6H2,1-3H3. The van der Waals surface area contributed by atoms with Crippen LogP contribution in [0, 0.1) is 11.3 Å². The third-order valence-electron chi connectivity index (χ3n) is 2.73. The lowest BCUT2D eigenvalue weighted by atomic mass is 10.1. The van der Waals surface area contributed by atoms with Crippen LogP contribution < -0.4 is 0 Å². The molecule has 0 spiro atoms. The lowest BCUT2D eigenvalue weighted by molar-refractivity contribution is -0.160. The predicted molar refractivity (Wildman–Crippen MR) is 64.3 cm³/mol. The summed E-state index contributed by atoms with van der Waals surface area (Å²) in [6.07, 6.45) is -0.930. The van der Waals surface area contributed by atoms with Crippen LogP contribution in [0.4, 0.5) is 4.79 Å². The first-order valence-electron chi connectivity index (χ1n) is 6.22. The van der Waals surface area contributed by atoms with Crippen molar-refractivity contribution in [1.82, 2.24) is 4.90 Å². The molecular formula is C12H16N2O6. The normalized spacial score (nSPS) is 18.7. The second-order valence-electron chi connectivity index (χ2n) is 3.81. The average molecular weight is 284 g/mol. The second kappa shape index (κ2) is 6.23. The van der Waals surface area contributed by atoms with Crippen LogP contribution in [0.5, 0.6) is 0 Å². The Bertz CT molecular complexity index is 437. The van der Waals surface area contributed by atoms with Crippen LogP contribution in [0.15, 0.2) is 0 Å². The van der Waals surface area contributed by atoms with E-state index in [1.54, 1.807) is 26.8 Å². The van der Waals surface area contributed by atoms with Gasteiger partial charge in [-0.05, 0) is 20.8 Å². The number of carbonyl (C=O) groups excluding carboxylic acids is 3. The van der Waals surface area contributed by atoms with E-state index in [-0.39, 0.29) is 19.8 Å². The minimum absolute atomic E-state index is 0.00873. The van der Waals surface area contributed by atoms with Crippen LogP contribution in [0.3, 0.4) is 0 Å². The highest BCUT2D eigenvalue weighted by Crippen LogP contribution is 2.44. The third-order valence-corrected chi connectivity index (χ3v) is 2.73. The lowest BCUT2D eigenvalue weighted by Crippen LogP contribution is -2.43. The van der Waals surface area contributed by atoms with Crippen molar-refractivity contribution < 1.29 is 28.6 Å². The van der Waals surface area contributed by atoms with Gasteiger partial charge in [0.2, 0.25) is 0 Å². The summed E-state index contributed by atoms with van der Waals surface area (Å²) >= 11 is 0. The van der Waals surface area contributed by atoms with Crippen LogP contribution in [0.25, 0.3) is 0 Å². The van der Waals surface area contributed by atoms with Crippen LogP contribution in [0.1, 0.15) is 20.8 Å². The van der Waals surface area contributed by atoms with Crippen molar-refractivity contribution in [3.63, 3.8) is 0 Å². The molecule has 1 aliphatic heterocycles. The van der Waals surface area contributed by atoms with Crippen molar-refractivity contribution in [1.29, 1.82) is 5.26 Å². The molecule has 20 heavy (non-hydrogen) atoms. The second-order valence-corrected chi connectivity index (χ2v) is 3.81. The first-order valence-corrected chi connectivity index (χ1v) is 6.22. The molecular weight excluding hydrogens is 268 g/mol. The fourth-order valence-corrected chi connectivity index (χ4v) is 1.87. The number of amides is 1. The maximum Gasteiger partial charge on any atom is 0.412 e. The Balaban J connectivity index is 3.12. The van der Waals surface area contributed by atoms with E-state index in [2.05, 4.69) is 0 Å². The van der Waals surface area contributed by atoms with E-state index in [9.17, 15) is 14.4 Å². The van der Waals surface area contributed by atoms with Crippen LogP contribution in [-0.4, -0.2) is 54.3 Å². The molecule has 8 heteroatoms. The largest absolute Gasteiger partial charge is 0.464 e. The Hall–Kier alpha value is -2.30. The third kappa shape index (κ3) is 2.27. The van der Waals surface area contributed by atoms with Crippen molar-refractivity contribution in [2.75, 3.05) is 19.8 Å². The molecule has 1 aliphatic rings. The van der Waals surface area contributed by atoms with Crippen molar-refractivity contribution in [2.24, 2.45) is 0 Å². The number of nitriles is 1. The molecule has 1 amide bonds. The zero-order valence-corrected chi connectivity index (χ0v) is 11.5. The number of rotatable bonds is 5. The van der Waals surface area contributed by atoms with Crippen molar-refractivity contribution in [2.45, 2.75) is 32.4 Å². The zero-order valence-electron chi connectivity index (χ0n) is 11.5. The Morgan fingerprint density at radius 2 is 1.50 bits per heavy atom. The van der Waals surface area contributed by atoms with E-state index in [1.807, 2.05) is 0 Å². The topological polar surface area (TPSA) is 106 Å². The number of ether oxygens (including phenoxy) is 3. The van der Waals surface area contributed by atoms with Crippen molar-refractivity contribution in [3.05, 3.63) is 0 Å². The van der Waals surface area contributed by atoms with E-state index >= 15 is 0 Å². The summed E-state index contributed by atoms with van der Waals surface area (Å²) in [5.74, 6) is -1.98. The number of nitrogens with zero attached hydrogens (tertiary/aromatic N) is 2. The van der Waals surface area contributed by atoms with Gasteiger partial charge in [0, 0.05) is 0 Å². The van der Waals surface area contributed by atoms with Gasteiger partial charge in [0.15, 0.2) is 6.04 Å². The molecule has 0 aliphatic carbocycles. The summed E-state index contributed by atoms with van der Waals surface area (Å²) in [7, 11) is 0. The van der Waals surface area contributed by atoms with Gasteiger partial charge in [-0.3, -0.25) is 4.90 Å². The van der Waals surface area contributed by atoms with Gasteiger partial charge >= 0.3 is 18.0 Å². The minimum atomic E-state index is -2.05. The van der Waals surface area contributed by atoms with E-state index in [0.29, 0.717) is 0 Å². The summed E-state index contributed by atoms with van der Waals surface area (Å²) in [6.45, 7) is 4.74. The quantitative estimate of drug-likeness (QED) is 0.307. The molecule has 0 aromatic heterocycles. The molecule has 1 fully saturated rings. The van der Waals surface area contributed by atoms with E-state index < -0.39 is 29.6 Å². The SMILES string of the molecule is CCOC(=O)N1C(C#N)C1(C(=O)OCC)C(=O)OCC. The Labute approximate surface area is 116 Å². The zero-order chi connectivity index (χ0) is 15.3. The highest BCUT2D eigenvalue weighted by Gasteiger charge is 2.79. The van der Waals surface area contributed by atoms with Gasteiger partial charge in [-0.2, -0.15) is 5.26 Å². The minimum Gasteiger partial charge on any atom is -0.464 e. The molecule has 8 nitrogen and oxygen atoms in total. The maximum atomic E-state index is 12.0. The van der Waals surface area contributed by atoms with Gasteiger partial charge in [0.1, 0.15) is 0 Å². The van der Waals surface area contributed by atoms with Crippen LogP contribution in [0.2, 0.25) is 0 Å². The lowest BCUT2D eigenvalue weighted by Gasteiger charge is -2.13. The van der Waals surface area contributed by atoms with Crippen molar-refractivity contribution >= 4 is 18.0 Å². The van der Waals surface area contributed by atoms with Crippen LogP contribution in [-0.2, 0) is 23.8 Å². The smallest absolute Gasteiger partial charge is 0.412 e. The fraction of sp³-hybridized carbons (Fsp3) is 0.667. The highest BCUT2D eigenvalue weighted by atomic mass is 16.6. The number of hydrogen-bond acceptors (Lipinski definition) is 7. The molecule has 0 bridgehead atoms. The van der Waals surface area contributed by atoms with Gasteiger partial charge in [0.25, 0.3) is 5.54 Å². The summed E-state index contributed by atoms with van der Waals surface area (Å²) < 4.78 is 14.3. The van der Waals surface area contributed by atoms with Gasteiger partial charge < -0.3 is 14.2 Å². The molecule has 0 N–H and O–H groups in total. The Morgan fingerprint density at radius 3 is 1.85 bits per heavy atom. The van der Waals surface area contributed by atoms with Gasteiger partial charge in [-0.25, -0.2) is 14.4 Å². The molecule has 1 rings (SSSR count). The number of hydrogen-bond donors (Lipinski definition) is 0. The number of esters is 2. The summed E-state index contributed by atoms with van der Waals surface area (Å²) in [6, 6.07) is 0.443. The molecule has 0 radical (unpaired) electrons. The van der Waals surface area contributed by atoms with Crippen LogP contribution >= 0.6 is 0 Å². The Kier molecular flexibility index (Phi) is 4.91. The molecule has 0 saturated carbocycles. The van der Waals surface area contributed by atoms with Gasteiger partial charge in [-0.1, -0.05) is 0 Å². The maximum absolute atomic E-state index is 12.0. The summed E-state index contributed by atoms with van der Waals surface area (Å²) in [4.78, 5) is 36.5. The van der Waals surface area contributed by atoms with E-state index in [0.717, 1.165) is 4.90 Å². The molecule has 1 unspecified atom stereocenters. The van der Waals surface area contributed by atoms with Gasteiger partial charge in [-0.15, -0.1) is 0 Å². The molecule has 1 heterocycles. The van der Waals surface area contributed by atoms with E-state index in [1.165, 1.54) is 0 Å². The fourth-order valence-electron chi connectivity index (χ4n) is 1.87. The predicted octanol–water partition coefficient (Wildman–Crippen LogP) is 0.216. The molecule has 0 aromatic rings. The monoisotopic (exact) mass is 284 g/mol. The molecule has 1 saturated heterocycles. The highest BCUT2D eigenvalue weighted by molar-refractivity contribution is 6.14. The van der Waals surface area contributed by atoms with Crippen molar-refractivity contribution in [3.8, 4) is 6.07 Å². The van der Waals surface area contributed by atoms with Gasteiger partial charge in [0.05, 0.1) is 25.9 Å². The summed E-state index contributed by atoms with van der Waals surface area (Å²) in [5.41, 5.74) is -2.05. The first kappa shape index (κ1) is 15.8. The Morgan fingerprint density at radius 1 is 1.05 bits per heavy atom. The molecule has 110 valence electrons. The average Bonchev–Trinajstić information content (AvgIpc) is 3.09. The first-order chi connectivity index (χ1) is 9.51. The number of carbonyl (C=O) groups is 3.